The molecule has 1 N–H and O–H groups in total. The predicted octanol–water partition coefficient (Wildman–Crippen LogP) is 3.71. The molecule has 0 amide bonds. The van der Waals surface area contributed by atoms with Gasteiger partial charge in [-0.05, 0) is 36.8 Å². The number of methoxy groups -OCH3 is 2. The summed E-state index contributed by atoms with van der Waals surface area (Å²) in [7, 11) is 3.21. The van der Waals surface area contributed by atoms with E-state index in [1.807, 2.05) is 55.5 Å². The third-order valence-corrected chi connectivity index (χ3v) is 5.12. The average Bonchev–Trinajstić information content (AvgIpc) is 2.74. The van der Waals surface area contributed by atoms with Crippen LogP contribution in [0, 0.1) is 0 Å². The highest BCUT2D eigenvalue weighted by Crippen LogP contribution is 2.30. The van der Waals surface area contributed by atoms with Crippen LogP contribution in [0.2, 0.25) is 0 Å². The molecule has 0 atom stereocenters. The third kappa shape index (κ3) is 4.45. The first-order valence-electron chi connectivity index (χ1n) is 8.79. The third-order valence-electron chi connectivity index (χ3n) is 4.08. The van der Waals surface area contributed by atoms with Crippen LogP contribution in [-0.2, 0) is 12.3 Å². The maximum Gasteiger partial charge on any atom is 0.297 e. The number of para-hydroxylation sites is 1. The molecule has 146 valence electrons. The highest BCUT2D eigenvalue weighted by atomic mass is 32.2. The molecule has 0 bridgehead atoms. The van der Waals surface area contributed by atoms with Crippen LogP contribution in [0.3, 0.4) is 0 Å². The van der Waals surface area contributed by atoms with E-state index in [0.29, 0.717) is 29.0 Å². The highest BCUT2D eigenvalue weighted by Gasteiger charge is 2.13. The van der Waals surface area contributed by atoms with Crippen molar-refractivity contribution >= 4 is 23.3 Å². The number of thioether (sulfide) groups is 1. The van der Waals surface area contributed by atoms with Crippen LogP contribution in [0.15, 0.2) is 58.5 Å². The van der Waals surface area contributed by atoms with Gasteiger partial charge in [0, 0.05) is 18.0 Å². The van der Waals surface area contributed by atoms with E-state index >= 15 is 0 Å². The molecule has 0 aliphatic heterocycles. The summed E-state index contributed by atoms with van der Waals surface area (Å²) in [4.78, 5) is 12.8. The Balaban J connectivity index is 1.79. The SMILES string of the molecule is CCn1c(SCc2ccc(OC)c(OC)c2)nnc(Nc2ccccc2)c1=O. The molecule has 0 aliphatic carbocycles. The van der Waals surface area contributed by atoms with Gasteiger partial charge in [0.05, 0.1) is 14.2 Å². The topological polar surface area (TPSA) is 78.3 Å². The van der Waals surface area contributed by atoms with Gasteiger partial charge in [-0.3, -0.25) is 9.36 Å². The first kappa shape index (κ1) is 19.8. The van der Waals surface area contributed by atoms with Crippen molar-refractivity contribution in [3.05, 3.63) is 64.4 Å². The van der Waals surface area contributed by atoms with Crippen LogP contribution in [0.25, 0.3) is 0 Å². The second kappa shape index (κ2) is 9.27. The van der Waals surface area contributed by atoms with Crippen LogP contribution < -0.4 is 20.3 Å². The van der Waals surface area contributed by atoms with Gasteiger partial charge in [-0.15, -0.1) is 10.2 Å². The Morgan fingerprint density at radius 3 is 2.46 bits per heavy atom. The minimum absolute atomic E-state index is 0.198. The Morgan fingerprint density at radius 1 is 1.04 bits per heavy atom. The van der Waals surface area contributed by atoms with Crippen molar-refractivity contribution < 1.29 is 9.47 Å². The lowest BCUT2D eigenvalue weighted by molar-refractivity contribution is 0.354. The first-order valence-corrected chi connectivity index (χ1v) is 9.78. The van der Waals surface area contributed by atoms with E-state index in [4.69, 9.17) is 9.47 Å². The van der Waals surface area contributed by atoms with Crippen molar-refractivity contribution in [1.29, 1.82) is 0 Å². The minimum atomic E-state index is -0.198. The number of aromatic nitrogens is 3. The summed E-state index contributed by atoms with van der Waals surface area (Å²) in [5, 5.41) is 12.0. The fourth-order valence-corrected chi connectivity index (χ4v) is 3.59. The standard InChI is InChI=1S/C20H22N4O3S/c1-4-24-19(25)18(21-15-8-6-5-7-9-15)22-23-20(24)28-13-14-10-11-16(26-2)17(12-14)27-3/h5-12H,4,13H2,1-3H3,(H,21,22). The number of benzene rings is 2. The summed E-state index contributed by atoms with van der Waals surface area (Å²) < 4.78 is 12.2. The molecule has 1 heterocycles. The summed E-state index contributed by atoms with van der Waals surface area (Å²) in [5.74, 6) is 2.18. The van der Waals surface area contributed by atoms with Gasteiger partial charge < -0.3 is 14.8 Å². The van der Waals surface area contributed by atoms with E-state index in [-0.39, 0.29) is 11.4 Å². The molecule has 3 aromatic rings. The maximum atomic E-state index is 12.8. The summed E-state index contributed by atoms with van der Waals surface area (Å²) in [6.45, 7) is 2.42. The fraction of sp³-hybridized carbons (Fsp3) is 0.250. The van der Waals surface area contributed by atoms with Gasteiger partial charge in [0.1, 0.15) is 0 Å². The molecule has 0 saturated heterocycles. The summed E-state index contributed by atoms with van der Waals surface area (Å²) in [5.41, 5.74) is 1.63. The van der Waals surface area contributed by atoms with Crippen molar-refractivity contribution in [2.24, 2.45) is 0 Å². The van der Waals surface area contributed by atoms with Crippen LogP contribution >= 0.6 is 11.8 Å². The van der Waals surface area contributed by atoms with Crippen molar-refractivity contribution in [3.63, 3.8) is 0 Å². The maximum absolute atomic E-state index is 12.8. The largest absolute Gasteiger partial charge is 0.493 e. The highest BCUT2D eigenvalue weighted by molar-refractivity contribution is 7.98. The number of nitrogens with one attached hydrogen (secondary N) is 1. The lowest BCUT2D eigenvalue weighted by Crippen LogP contribution is -2.26. The molecule has 0 fully saturated rings. The van der Waals surface area contributed by atoms with Crippen molar-refractivity contribution in [2.75, 3.05) is 19.5 Å². The van der Waals surface area contributed by atoms with Gasteiger partial charge in [-0.1, -0.05) is 36.0 Å². The first-order chi connectivity index (χ1) is 13.7. The minimum Gasteiger partial charge on any atom is -0.493 e. The van der Waals surface area contributed by atoms with Gasteiger partial charge in [0.2, 0.25) is 5.82 Å². The molecular weight excluding hydrogens is 376 g/mol. The lowest BCUT2D eigenvalue weighted by atomic mass is 10.2. The smallest absolute Gasteiger partial charge is 0.297 e. The molecule has 0 unspecified atom stereocenters. The zero-order valence-electron chi connectivity index (χ0n) is 16.0. The van der Waals surface area contributed by atoms with Gasteiger partial charge in [-0.2, -0.15) is 0 Å². The molecule has 0 radical (unpaired) electrons. The molecule has 3 rings (SSSR count). The molecule has 0 aliphatic rings. The van der Waals surface area contributed by atoms with E-state index in [1.165, 1.54) is 11.8 Å². The monoisotopic (exact) mass is 398 g/mol. The molecular formula is C20H22N4O3S. The Morgan fingerprint density at radius 2 is 1.79 bits per heavy atom. The number of rotatable bonds is 8. The number of nitrogens with zero attached hydrogens (tertiary/aromatic N) is 3. The van der Waals surface area contributed by atoms with Gasteiger partial charge in [0.15, 0.2) is 16.7 Å². The molecule has 1 aromatic heterocycles. The van der Waals surface area contributed by atoms with Crippen LogP contribution in [0.4, 0.5) is 11.5 Å². The van der Waals surface area contributed by atoms with E-state index in [1.54, 1.807) is 18.8 Å². The average molecular weight is 398 g/mol. The fourth-order valence-electron chi connectivity index (χ4n) is 2.64. The van der Waals surface area contributed by atoms with Gasteiger partial charge in [-0.25, -0.2) is 0 Å². The van der Waals surface area contributed by atoms with Gasteiger partial charge >= 0.3 is 0 Å². The predicted molar refractivity (Wildman–Crippen MR) is 111 cm³/mol. The Hall–Kier alpha value is -3.00. The van der Waals surface area contributed by atoms with E-state index in [0.717, 1.165) is 11.3 Å². The zero-order chi connectivity index (χ0) is 19.9. The van der Waals surface area contributed by atoms with Crippen molar-refractivity contribution in [2.45, 2.75) is 24.4 Å². The molecule has 2 aromatic carbocycles. The number of anilines is 2. The summed E-state index contributed by atoms with van der Waals surface area (Å²) in [6, 6.07) is 15.2. The molecule has 8 heteroatoms. The lowest BCUT2D eigenvalue weighted by Gasteiger charge is -2.12. The van der Waals surface area contributed by atoms with Crippen molar-refractivity contribution in [3.8, 4) is 11.5 Å². The van der Waals surface area contributed by atoms with E-state index in [2.05, 4.69) is 15.5 Å². The second-order valence-electron chi connectivity index (χ2n) is 5.85. The van der Waals surface area contributed by atoms with Crippen LogP contribution in [0.1, 0.15) is 12.5 Å². The second-order valence-corrected chi connectivity index (χ2v) is 6.79. The summed E-state index contributed by atoms with van der Waals surface area (Å²) in [6.07, 6.45) is 0. The quantitative estimate of drug-likeness (QED) is 0.580. The number of ether oxygens (including phenoxy) is 2. The van der Waals surface area contributed by atoms with Crippen LogP contribution in [-0.4, -0.2) is 29.0 Å². The van der Waals surface area contributed by atoms with Gasteiger partial charge in [0.25, 0.3) is 5.56 Å². The van der Waals surface area contributed by atoms with E-state index in [9.17, 15) is 4.79 Å². The number of hydrogen-bond acceptors (Lipinski definition) is 7. The molecule has 7 nitrogen and oxygen atoms in total. The van der Waals surface area contributed by atoms with Crippen LogP contribution in [0.5, 0.6) is 11.5 Å². The Bertz CT molecular complexity index is 992. The molecule has 0 spiro atoms. The molecule has 28 heavy (non-hydrogen) atoms. The normalized spacial score (nSPS) is 10.5. The van der Waals surface area contributed by atoms with E-state index < -0.39 is 0 Å². The number of hydrogen-bond donors (Lipinski definition) is 1. The zero-order valence-corrected chi connectivity index (χ0v) is 16.8. The Kier molecular flexibility index (Phi) is 6.54. The molecule has 0 saturated carbocycles. The Labute approximate surface area is 167 Å². The summed E-state index contributed by atoms with van der Waals surface area (Å²) >= 11 is 1.45. The van der Waals surface area contributed by atoms with Crippen molar-refractivity contribution in [1.82, 2.24) is 14.8 Å².